The molecule has 0 saturated carbocycles. The lowest BCUT2D eigenvalue weighted by Crippen LogP contribution is -2.40. The second kappa shape index (κ2) is 18.1. The number of nitrogens with zero attached hydrogens (tertiary/aromatic N) is 2. The third kappa shape index (κ3) is 11.2. The summed E-state index contributed by atoms with van der Waals surface area (Å²) >= 11 is 0. The Kier molecular flexibility index (Phi) is 14.2. The third-order valence-electron chi connectivity index (χ3n) is 7.70. The van der Waals surface area contributed by atoms with Crippen LogP contribution in [-0.4, -0.2) is 22.5 Å². The van der Waals surface area contributed by atoms with Crippen molar-refractivity contribution in [1.82, 2.24) is 9.80 Å². The second-order valence-corrected chi connectivity index (χ2v) is 10.8. The van der Waals surface area contributed by atoms with Crippen molar-refractivity contribution in [1.29, 1.82) is 0 Å². The quantitative estimate of drug-likeness (QED) is 0.171. The van der Waals surface area contributed by atoms with E-state index in [0.29, 0.717) is 6.17 Å². The van der Waals surface area contributed by atoms with Gasteiger partial charge in [-0.25, -0.2) is 0 Å². The molecule has 0 bridgehead atoms. The van der Waals surface area contributed by atoms with Gasteiger partial charge in [0.25, 0.3) is 0 Å². The molecule has 2 aromatic carbocycles. The van der Waals surface area contributed by atoms with Crippen LogP contribution in [-0.2, 0) is 13.0 Å². The molecule has 36 heavy (non-hydrogen) atoms. The van der Waals surface area contributed by atoms with E-state index in [0.717, 1.165) is 19.5 Å². The molecule has 2 nitrogen and oxygen atoms in total. The molecule has 1 aliphatic rings. The van der Waals surface area contributed by atoms with E-state index in [-0.39, 0.29) is 0 Å². The molecule has 2 aromatic rings. The summed E-state index contributed by atoms with van der Waals surface area (Å²) in [5.74, 6) is 0. The Bertz CT molecular complexity index is 800. The van der Waals surface area contributed by atoms with Crippen LogP contribution in [0.2, 0.25) is 0 Å². The Labute approximate surface area is 222 Å². The van der Waals surface area contributed by atoms with Crippen LogP contribution < -0.4 is 0 Å². The third-order valence-corrected chi connectivity index (χ3v) is 7.70. The molecule has 1 aliphatic heterocycles. The van der Waals surface area contributed by atoms with Gasteiger partial charge in [0.05, 0.1) is 0 Å². The zero-order chi connectivity index (χ0) is 25.1. The van der Waals surface area contributed by atoms with Crippen LogP contribution in [0.3, 0.4) is 0 Å². The maximum absolute atomic E-state index is 2.58. The average molecular weight is 489 g/mol. The van der Waals surface area contributed by atoms with Crippen molar-refractivity contribution in [2.24, 2.45) is 0 Å². The lowest BCUT2D eigenvalue weighted by atomic mass is 10.0. The zero-order valence-electron chi connectivity index (χ0n) is 23.1. The molecule has 198 valence electrons. The summed E-state index contributed by atoms with van der Waals surface area (Å²) in [5, 5.41) is 0. The predicted molar refractivity (Wildman–Crippen MR) is 157 cm³/mol. The van der Waals surface area contributed by atoms with Crippen molar-refractivity contribution in [3.8, 4) is 0 Å². The van der Waals surface area contributed by atoms with Crippen LogP contribution in [0.4, 0.5) is 0 Å². The van der Waals surface area contributed by atoms with Crippen molar-refractivity contribution in [2.45, 2.75) is 122 Å². The van der Waals surface area contributed by atoms with Crippen LogP contribution in [0.25, 0.3) is 0 Å². The van der Waals surface area contributed by atoms with Crippen LogP contribution in [0.5, 0.6) is 0 Å². The Hall–Kier alpha value is -2.22. The van der Waals surface area contributed by atoms with Gasteiger partial charge in [0.1, 0.15) is 6.17 Å². The molecule has 0 fully saturated rings. The molecule has 1 unspecified atom stereocenters. The van der Waals surface area contributed by atoms with E-state index in [2.05, 4.69) is 89.8 Å². The lowest BCUT2D eigenvalue weighted by Gasteiger charge is -2.33. The minimum atomic E-state index is 0.416. The van der Waals surface area contributed by atoms with E-state index in [1.165, 1.54) is 107 Å². The van der Waals surface area contributed by atoms with Gasteiger partial charge in [0.15, 0.2) is 0 Å². The van der Waals surface area contributed by atoms with E-state index in [1.807, 2.05) is 0 Å². The first-order chi connectivity index (χ1) is 17.9. The standard InChI is InChI=1S/C34H52N2/c1-2-3-4-5-6-7-8-9-10-11-12-13-14-15-22-27-35-28-29-36(31-33-25-20-17-21-26-33)34(35)30-32-23-18-16-19-24-32/h16-21,23-26,28-29,34H,2-15,22,27,30-31H2,1H3. The first-order valence-corrected chi connectivity index (χ1v) is 15.1. The maximum Gasteiger partial charge on any atom is 0.105 e. The molecular formula is C34H52N2. The van der Waals surface area contributed by atoms with Crippen molar-refractivity contribution in [3.05, 3.63) is 84.2 Å². The van der Waals surface area contributed by atoms with Gasteiger partial charge >= 0.3 is 0 Å². The highest BCUT2D eigenvalue weighted by molar-refractivity contribution is 5.19. The molecule has 0 aliphatic carbocycles. The number of rotatable bonds is 20. The Morgan fingerprint density at radius 1 is 0.500 bits per heavy atom. The van der Waals surface area contributed by atoms with Gasteiger partial charge in [-0.1, -0.05) is 157 Å². The fourth-order valence-electron chi connectivity index (χ4n) is 5.46. The van der Waals surface area contributed by atoms with E-state index in [4.69, 9.17) is 0 Å². The average Bonchev–Trinajstić information content (AvgIpc) is 3.28. The second-order valence-electron chi connectivity index (χ2n) is 10.8. The van der Waals surface area contributed by atoms with E-state index in [1.54, 1.807) is 0 Å². The smallest absolute Gasteiger partial charge is 0.105 e. The van der Waals surface area contributed by atoms with Crippen molar-refractivity contribution >= 4 is 0 Å². The minimum absolute atomic E-state index is 0.416. The van der Waals surface area contributed by atoms with Crippen LogP contribution in [0, 0.1) is 0 Å². The number of benzene rings is 2. The molecule has 2 heteroatoms. The summed E-state index contributed by atoms with van der Waals surface area (Å²) in [6.07, 6.45) is 27.5. The SMILES string of the molecule is CCCCCCCCCCCCCCCCCN1C=CN(Cc2ccccc2)C1Cc1ccccc1. The van der Waals surface area contributed by atoms with Gasteiger partial charge in [-0.15, -0.1) is 0 Å². The first-order valence-electron chi connectivity index (χ1n) is 15.1. The summed E-state index contributed by atoms with van der Waals surface area (Å²) in [6, 6.07) is 21.9. The van der Waals surface area contributed by atoms with E-state index in [9.17, 15) is 0 Å². The van der Waals surface area contributed by atoms with Crippen LogP contribution in [0.15, 0.2) is 73.1 Å². The predicted octanol–water partition coefficient (Wildman–Crippen LogP) is 9.72. The van der Waals surface area contributed by atoms with Gasteiger partial charge in [-0.2, -0.15) is 0 Å². The highest BCUT2D eigenvalue weighted by Crippen LogP contribution is 2.23. The molecule has 0 spiro atoms. The van der Waals surface area contributed by atoms with Crippen molar-refractivity contribution < 1.29 is 0 Å². The number of hydrogen-bond acceptors (Lipinski definition) is 2. The fraction of sp³-hybridized carbons (Fsp3) is 0.588. The Morgan fingerprint density at radius 2 is 0.944 bits per heavy atom. The molecular weight excluding hydrogens is 436 g/mol. The van der Waals surface area contributed by atoms with Gasteiger partial charge < -0.3 is 9.80 Å². The molecule has 0 saturated heterocycles. The first kappa shape index (κ1) is 28.4. The summed E-state index contributed by atoms with van der Waals surface area (Å²) in [7, 11) is 0. The highest BCUT2D eigenvalue weighted by Gasteiger charge is 2.26. The molecule has 3 rings (SSSR count). The molecule has 1 atom stereocenters. The topological polar surface area (TPSA) is 6.48 Å². The fourth-order valence-corrected chi connectivity index (χ4v) is 5.46. The summed E-state index contributed by atoms with van der Waals surface area (Å²) in [6.45, 7) is 4.44. The van der Waals surface area contributed by atoms with Crippen molar-refractivity contribution in [2.75, 3.05) is 6.54 Å². The molecule has 0 amide bonds. The normalized spacial score (nSPS) is 15.2. The zero-order valence-corrected chi connectivity index (χ0v) is 23.1. The van der Waals surface area contributed by atoms with Gasteiger partial charge in [0, 0.05) is 31.9 Å². The lowest BCUT2D eigenvalue weighted by molar-refractivity contribution is 0.144. The highest BCUT2D eigenvalue weighted by atomic mass is 15.4. The minimum Gasteiger partial charge on any atom is -0.356 e. The van der Waals surface area contributed by atoms with Gasteiger partial charge in [0.2, 0.25) is 0 Å². The summed E-state index contributed by atoms with van der Waals surface area (Å²) in [4.78, 5) is 5.10. The van der Waals surface area contributed by atoms with Gasteiger partial charge in [-0.05, 0) is 17.5 Å². The monoisotopic (exact) mass is 488 g/mol. The van der Waals surface area contributed by atoms with E-state index >= 15 is 0 Å². The molecule has 0 N–H and O–H groups in total. The molecule has 0 aromatic heterocycles. The number of unbranched alkanes of at least 4 members (excludes halogenated alkanes) is 14. The summed E-state index contributed by atoms with van der Waals surface area (Å²) in [5.41, 5.74) is 2.81. The molecule has 0 radical (unpaired) electrons. The number of hydrogen-bond donors (Lipinski definition) is 0. The maximum atomic E-state index is 2.58. The van der Waals surface area contributed by atoms with Crippen molar-refractivity contribution in [3.63, 3.8) is 0 Å². The largest absolute Gasteiger partial charge is 0.356 e. The molecule has 1 heterocycles. The van der Waals surface area contributed by atoms with Gasteiger partial charge in [-0.3, -0.25) is 0 Å². The van der Waals surface area contributed by atoms with Crippen LogP contribution >= 0.6 is 0 Å². The summed E-state index contributed by atoms with van der Waals surface area (Å²) < 4.78 is 0. The van der Waals surface area contributed by atoms with Crippen LogP contribution in [0.1, 0.15) is 114 Å². The van der Waals surface area contributed by atoms with E-state index < -0.39 is 0 Å². The Balaban J connectivity index is 1.27. The Morgan fingerprint density at radius 3 is 1.47 bits per heavy atom.